The van der Waals surface area contributed by atoms with Crippen molar-refractivity contribution in [3.8, 4) is 0 Å². The van der Waals surface area contributed by atoms with Crippen LogP contribution in [0.3, 0.4) is 0 Å². The van der Waals surface area contributed by atoms with Crippen LogP contribution < -0.4 is 10.2 Å². The summed E-state index contributed by atoms with van der Waals surface area (Å²) in [5, 5.41) is 4.58. The van der Waals surface area contributed by atoms with E-state index in [2.05, 4.69) is 15.2 Å². The third-order valence-electron chi connectivity index (χ3n) is 2.89. The Morgan fingerprint density at radius 2 is 2.31 bits per heavy atom. The van der Waals surface area contributed by atoms with E-state index < -0.39 is 0 Å². The molecule has 0 saturated heterocycles. The van der Waals surface area contributed by atoms with Gasteiger partial charge in [0.15, 0.2) is 5.13 Å². The molecule has 1 aromatic rings. The molecule has 1 N–H and O–H groups in total. The Kier molecular flexibility index (Phi) is 4.18. The van der Waals surface area contributed by atoms with Crippen LogP contribution in [0.5, 0.6) is 0 Å². The minimum atomic E-state index is 0.968. The molecule has 16 heavy (non-hydrogen) atoms. The molecular formula is C12H21N3S. The second kappa shape index (κ2) is 5.64. The molecule has 0 unspecified atom stereocenters. The summed E-state index contributed by atoms with van der Waals surface area (Å²) in [6.07, 6.45) is 7.67. The van der Waals surface area contributed by atoms with Crippen molar-refractivity contribution in [2.24, 2.45) is 5.92 Å². The standard InChI is InChI=1S/C12H21N3S/c1-15(2)12-14-9-11(16-12)8-13-7-3-4-10-5-6-10/h9-10,13H,3-8H2,1-2H3. The Morgan fingerprint density at radius 1 is 1.50 bits per heavy atom. The highest BCUT2D eigenvalue weighted by Gasteiger charge is 2.19. The Balaban J connectivity index is 1.60. The van der Waals surface area contributed by atoms with Crippen molar-refractivity contribution in [3.05, 3.63) is 11.1 Å². The van der Waals surface area contributed by atoms with Gasteiger partial charge in [-0.1, -0.05) is 12.8 Å². The highest BCUT2D eigenvalue weighted by atomic mass is 32.1. The van der Waals surface area contributed by atoms with Gasteiger partial charge in [-0.3, -0.25) is 0 Å². The van der Waals surface area contributed by atoms with E-state index >= 15 is 0 Å². The molecule has 0 spiro atoms. The van der Waals surface area contributed by atoms with E-state index in [-0.39, 0.29) is 0 Å². The molecular weight excluding hydrogens is 218 g/mol. The Labute approximate surface area is 102 Å². The van der Waals surface area contributed by atoms with Gasteiger partial charge in [0.25, 0.3) is 0 Å². The summed E-state index contributed by atoms with van der Waals surface area (Å²) in [6, 6.07) is 0. The highest BCUT2D eigenvalue weighted by molar-refractivity contribution is 7.15. The summed E-state index contributed by atoms with van der Waals surface area (Å²) in [5.74, 6) is 1.06. The lowest BCUT2D eigenvalue weighted by Gasteiger charge is -2.05. The molecule has 0 radical (unpaired) electrons. The van der Waals surface area contributed by atoms with Crippen LogP contribution in [0.2, 0.25) is 0 Å². The first-order chi connectivity index (χ1) is 7.75. The zero-order chi connectivity index (χ0) is 11.4. The SMILES string of the molecule is CN(C)c1ncc(CNCCCC2CC2)s1. The second-order valence-corrected chi connectivity index (χ2v) is 5.86. The van der Waals surface area contributed by atoms with Gasteiger partial charge in [0.2, 0.25) is 0 Å². The predicted molar refractivity (Wildman–Crippen MR) is 70.1 cm³/mol. The summed E-state index contributed by atoms with van der Waals surface area (Å²) in [5.41, 5.74) is 0. The van der Waals surface area contributed by atoms with Crippen molar-refractivity contribution < 1.29 is 0 Å². The molecule has 0 bridgehead atoms. The summed E-state index contributed by atoms with van der Waals surface area (Å²) < 4.78 is 0. The van der Waals surface area contributed by atoms with Gasteiger partial charge in [-0.25, -0.2) is 4.98 Å². The molecule has 1 aromatic heterocycles. The number of anilines is 1. The van der Waals surface area contributed by atoms with Gasteiger partial charge in [-0.2, -0.15) is 0 Å². The van der Waals surface area contributed by atoms with Gasteiger partial charge in [0.1, 0.15) is 0 Å². The molecule has 3 nitrogen and oxygen atoms in total. The maximum atomic E-state index is 4.36. The molecule has 1 saturated carbocycles. The van der Waals surface area contributed by atoms with E-state index in [4.69, 9.17) is 0 Å². The zero-order valence-electron chi connectivity index (χ0n) is 10.2. The molecule has 1 aliphatic rings. The van der Waals surface area contributed by atoms with E-state index in [1.54, 1.807) is 11.3 Å². The summed E-state index contributed by atoms with van der Waals surface area (Å²) in [6.45, 7) is 2.11. The zero-order valence-corrected chi connectivity index (χ0v) is 11.0. The van der Waals surface area contributed by atoms with Gasteiger partial charge in [-0.05, 0) is 25.3 Å². The van der Waals surface area contributed by atoms with Gasteiger partial charge >= 0.3 is 0 Å². The van der Waals surface area contributed by atoms with E-state index in [0.29, 0.717) is 0 Å². The van der Waals surface area contributed by atoms with Crippen LogP contribution in [0.25, 0.3) is 0 Å². The summed E-state index contributed by atoms with van der Waals surface area (Å²) in [7, 11) is 4.07. The van der Waals surface area contributed by atoms with Crippen molar-refractivity contribution in [3.63, 3.8) is 0 Å². The van der Waals surface area contributed by atoms with Crippen molar-refractivity contribution in [2.45, 2.75) is 32.2 Å². The average molecular weight is 239 g/mol. The molecule has 0 aromatic carbocycles. The third-order valence-corrected chi connectivity index (χ3v) is 4.05. The minimum Gasteiger partial charge on any atom is -0.354 e. The van der Waals surface area contributed by atoms with Crippen LogP contribution in [-0.4, -0.2) is 25.6 Å². The van der Waals surface area contributed by atoms with E-state index in [1.165, 1.54) is 30.6 Å². The van der Waals surface area contributed by atoms with Crippen LogP contribution in [0.1, 0.15) is 30.6 Å². The third kappa shape index (κ3) is 3.76. The van der Waals surface area contributed by atoms with Crippen LogP contribution in [0.4, 0.5) is 5.13 Å². The topological polar surface area (TPSA) is 28.2 Å². The van der Waals surface area contributed by atoms with Gasteiger partial charge < -0.3 is 10.2 Å². The fourth-order valence-corrected chi connectivity index (χ4v) is 2.52. The van der Waals surface area contributed by atoms with Crippen molar-refractivity contribution in [1.29, 1.82) is 0 Å². The van der Waals surface area contributed by atoms with E-state index in [1.807, 2.05) is 20.3 Å². The molecule has 0 aliphatic heterocycles. The van der Waals surface area contributed by atoms with Crippen molar-refractivity contribution in [1.82, 2.24) is 10.3 Å². The lowest BCUT2D eigenvalue weighted by atomic mass is 10.2. The Morgan fingerprint density at radius 3 is 2.94 bits per heavy atom. The maximum absolute atomic E-state index is 4.36. The predicted octanol–water partition coefficient (Wildman–Crippen LogP) is 2.49. The van der Waals surface area contributed by atoms with E-state index in [9.17, 15) is 0 Å². The van der Waals surface area contributed by atoms with E-state index in [0.717, 1.165) is 24.1 Å². The van der Waals surface area contributed by atoms with Crippen LogP contribution in [0, 0.1) is 5.92 Å². The molecule has 90 valence electrons. The lowest BCUT2D eigenvalue weighted by Crippen LogP contribution is -2.13. The summed E-state index contributed by atoms with van der Waals surface area (Å²) >= 11 is 1.77. The lowest BCUT2D eigenvalue weighted by molar-refractivity contribution is 0.596. The number of hydrogen-bond acceptors (Lipinski definition) is 4. The molecule has 0 atom stereocenters. The van der Waals surface area contributed by atoms with Gasteiger partial charge in [-0.15, -0.1) is 11.3 Å². The molecule has 0 amide bonds. The summed E-state index contributed by atoms with van der Waals surface area (Å²) in [4.78, 5) is 7.74. The monoisotopic (exact) mass is 239 g/mol. The average Bonchev–Trinajstić information content (AvgIpc) is 2.94. The first-order valence-electron chi connectivity index (χ1n) is 6.08. The minimum absolute atomic E-state index is 0.968. The first kappa shape index (κ1) is 11.9. The van der Waals surface area contributed by atoms with Crippen LogP contribution in [0.15, 0.2) is 6.20 Å². The van der Waals surface area contributed by atoms with Crippen molar-refractivity contribution >= 4 is 16.5 Å². The molecule has 1 aliphatic carbocycles. The van der Waals surface area contributed by atoms with Gasteiger partial charge in [0.05, 0.1) is 0 Å². The number of aromatic nitrogens is 1. The number of hydrogen-bond donors (Lipinski definition) is 1. The number of nitrogens with one attached hydrogen (secondary N) is 1. The Hall–Kier alpha value is -0.610. The smallest absolute Gasteiger partial charge is 0.185 e. The Bertz CT molecular complexity index is 318. The maximum Gasteiger partial charge on any atom is 0.185 e. The van der Waals surface area contributed by atoms with Crippen LogP contribution in [-0.2, 0) is 6.54 Å². The van der Waals surface area contributed by atoms with Crippen molar-refractivity contribution in [2.75, 3.05) is 25.5 Å². The number of rotatable bonds is 7. The fraction of sp³-hybridized carbons (Fsp3) is 0.750. The molecule has 4 heteroatoms. The molecule has 1 heterocycles. The largest absolute Gasteiger partial charge is 0.354 e. The first-order valence-corrected chi connectivity index (χ1v) is 6.90. The molecule has 1 fully saturated rings. The van der Waals surface area contributed by atoms with Gasteiger partial charge in [0, 0.05) is 31.7 Å². The fourth-order valence-electron chi connectivity index (χ4n) is 1.72. The number of nitrogens with zero attached hydrogens (tertiary/aromatic N) is 2. The normalized spacial score (nSPS) is 15.4. The van der Waals surface area contributed by atoms with Crippen LogP contribution >= 0.6 is 11.3 Å². The molecule has 2 rings (SSSR count). The quantitative estimate of drug-likeness (QED) is 0.741. The second-order valence-electron chi connectivity index (χ2n) is 4.77. The number of thiazole rings is 1. The highest BCUT2D eigenvalue weighted by Crippen LogP contribution is 2.33.